The van der Waals surface area contributed by atoms with Crippen molar-refractivity contribution in [3.8, 4) is 5.75 Å². The van der Waals surface area contributed by atoms with Crippen molar-refractivity contribution in [3.63, 3.8) is 0 Å². The van der Waals surface area contributed by atoms with Crippen LogP contribution in [0.2, 0.25) is 0 Å². The van der Waals surface area contributed by atoms with Gasteiger partial charge < -0.3 is 10.5 Å². The average Bonchev–Trinajstić information content (AvgIpc) is 2.36. The third-order valence-electron chi connectivity index (χ3n) is 2.82. The monoisotopic (exact) mass is 335 g/mol. The maximum Gasteiger partial charge on any atom is 0.153 e. The van der Waals surface area contributed by atoms with Crippen LogP contribution in [0.1, 0.15) is 18.5 Å². The molecule has 1 atom stereocenters. The Hall–Kier alpha value is -1.12. The number of hydrogen-bond donors (Lipinski definition) is 1. The highest BCUT2D eigenvalue weighted by atomic mass is 32.2. The van der Waals surface area contributed by atoms with Crippen LogP contribution in [0.15, 0.2) is 24.3 Å². The first kappa shape index (κ1) is 17.9. The van der Waals surface area contributed by atoms with Crippen LogP contribution in [-0.4, -0.2) is 47.0 Å². The fourth-order valence-corrected chi connectivity index (χ4v) is 4.84. The number of nitrogens with two attached hydrogens (primary N) is 1. The molecule has 21 heavy (non-hydrogen) atoms. The number of benzene rings is 1. The van der Waals surface area contributed by atoms with Crippen molar-refractivity contribution in [2.75, 3.05) is 30.1 Å². The minimum atomic E-state index is -3.52. The van der Waals surface area contributed by atoms with E-state index in [2.05, 4.69) is 0 Å². The van der Waals surface area contributed by atoms with Crippen LogP contribution in [0.3, 0.4) is 0 Å². The van der Waals surface area contributed by atoms with Gasteiger partial charge in [-0.3, -0.25) is 0 Å². The van der Waals surface area contributed by atoms with E-state index >= 15 is 0 Å². The van der Waals surface area contributed by atoms with Crippen molar-refractivity contribution in [2.24, 2.45) is 5.73 Å². The van der Waals surface area contributed by atoms with Crippen molar-refractivity contribution in [2.45, 2.75) is 13.0 Å². The maximum absolute atomic E-state index is 11.9. The second-order valence-corrected chi connectivity index (χ2v) is 9.34. The van der Waals surface area contributed by atoms with Crippen LogP contribution >= 0.6 is 0 Å². The number of hydrogen-bond acceptors (Lipinski definition) is 6. The first-order valence-electron chi connectivity index (χ1n) is 6.49. The van der Waals surface area contributed by atoms with E-state index in [1.54, 1.807) is 24.3 Å². The summed E-state index contributed by atoms with van der Waals surface area (Å²) in [5.74, 6) is -0.383. The van der Waals surface area contributed by atoms with Crippen molar-refractivity contribution in [1.29, 1.82) is 0 Å². The third kappa shape index (κ3) is 6.92. The Kier molecular flexibility index (Phi) is 6.18. The molecule has 0 heterocycles. The normalized spacial score (nSPS) is 13.9. The van der Waals surface area contributed by atoms with Gasteiger partial charge in [-0.2, -0.15) is 0 Å². The molecule has 6 nitrogen and oxygen atoms in total. The zero-order chi connectivity index (χ0) is 16.1. The number of sulfone groups is 2. The zero-order valence-corrected chi connectivity index (χ0v) is 13.8. The molecule has 1 aromatic rings. The molecule has 0 bridgehead atoms. The molecule has 0 saturated carbocycles. The van der Waals surface area contributed by atoms with E-state index in [0.29, 0.717) is 17.9 Å². The molecule has 0 aliphatic heterocycles. The smallest absolute Gasteiger partial charge is 0.153 e. The van der Waals surface area contributed by atoms with Gasteiger partial charge in [0.2, 0.25) is 0 Å². The molecule has 0 saturated heterocycles. The Labute approximate surface area is 126 Å². The summed E-state index contributed by atoms with van der Waals surface area (Å²) in [5.41, 5.74) is 6.54. The van der Waals surface area contributed by atoms with E-state index in [-0.39, 0.29) is 11.5 Å². The Bertz CT molecular complexity index is 650. The van der Waals surface area contributed by atoms with E-state index < -0.39 is 31.5 Å². The molecule has 0 aromatic heterocycles. The lowest BCUT2D eigenvalue weighted by Crippen LogP contribution is -2.26. The summed E-state index contributed by atoms with van der Waals surface area (Å²) < 4.78 is 51.1. The summed E-state index contributed by atoms with van der Waals surface area (Å²) >= 11 is 0. The Morgan fingerprint density at radius 2 is 1.67 bits per heavy atom. The summed E-state index contributed by atoms with van der Waals surface area (Å²) in [7, 11) is -6.82. The van der Waals surface area contributed by atoms with Crippen LogP contribution in [-0.2, 0) is 19.7 Å². The van der Waals surface area contributed by atoms with Gasteiger partial charge in [0.05, 0.1) is 23.9 Å². The fourth-order valence-electron chi connectivity index (χ4n) is 1.71. The van der Waals surface area contributed by atoms with Gasteiger partial charge in [-0.05, 0) is 24.6 Å². The summed E-state index contributed by atoms with van der Waals surface area (Å²) in [6.07, 6.45) is 1.01. The highest BCUT2D eigenvalue weighted by molar-refractivity contribution is 7.94. The SMILES string of the molecule is CCOc1ccc(C(N)CS(=O)(=O)CCS(C)(=O)=O)cc1. The standard InChI is InChI=1S/C13H21NO5S2/c1-3-19-12-6-4-11(5-7-12)13(14)10-21(17,18)9-8-20(2,15)16/h4-7,13H,3,8-10,14H2,1-2H3. The Morgan fingerprint density at radius 3 is 2.14 bits per heavy atom. The lowest BCUT2D eigenvalue weighted by atomic mass is 10.1. The van der Waals surface area contributed by atoms with Crippen LogP contribution < -0.4 is 10.5 Å². The predicted octanol–water partition coefficient (Wildman–Crippen LogP) is 0.545. The van der Waals surface area contributed by atoms with Gasteiger partial charge in [-0.25, -0.2) is 16.8 Å². The third-order valence-corrected chi connectivity index (χ3v) is 5.72. The molecular formula is C13H21NO5S2. The molecule has 120 valence electrons. The van der Waals surface area contributed by atoms with Crippen LogP contribution in [0.5, 0.6) is 5.75 Å². The second-order valence-electron chi connectivity index (χ2n) is 4.85. The van der Waals surface area contributed by atoms with E-state index in [1.807, 2.05) is 6.92 Å². The van der Waals surface area contributed by atoms with Crippen molar-refractivity contribution in [3.05, 3.63) is 29.8 Å². The van der Waals surface area contributed by atoms with Gasteiger partial charge in [-0.1, -0.05) is 12.1 Å². The molecule has 0 spiro atoms. The summed E-state index contributed by atoms with van der Waals surface area (Å²) in [4.78, 5) is 0. The molecule has 2 N–H and O–H groups in total. The molecule has 0 aliphatic carbocycles. The van der Waals surface area contributed by atoms with E-state index in [1.165, 1.54) is 0 Å². The minimum Gasteiger partial charge on any atom is -0.494 e. The average molecular weight is 335 g/mol. The van der Waals surface area contributed by atoms with Crippen LogP contribution in [0.25, 0.3) is 0 Å². The minimum absolute atomic E-state index is 0.281. The largest absolute Gasteiger partial charge is 0.494 e. The van der Waals surface area contributed by atoms with Crippen molar-refractivity contribution >= 4 is 19.7 Å². The van der Waals surface area contributed by atoms with E-state index in [0.717, 1.165) is 6.26 Å². The molecule has 0 radical (unpaired) electrons. The molecule has 0 fully saturated rings. The quantitative estimate of drug-likeness (QED) is 0.744. The van der Waals surface area contributed by atoms with Gasteiger partial charge in [0.15, 0.2) is 9.84 Å². The first-order valence-corrected chi connectivity index (χ1v) is 10.4. The van der Waals surface area contributed by atoms with Crippen LogP contribution in [0.4, 0.5) is 0 Å². The summed E-state index contributed by atoms with van der Waals surface area (Å²) in [6.45, 7) is 2.42. The van der Waals surface area contributed by atoms with Gasteiger partial charge in [0, 0.05) is 12.3 Å². The van der Waals surface area contributed by atoms with E-state index in [4.69, 9.17) is 10.5 Å². The second kappa shape index (κ2) is 7.24. The molecular weight excluding hydrogens is 314 g/mol. The molecule has 1 rings (SSSR count). The van der Waals surface area contributed by atoms with Gasteiger partial charge in [-0.15, -0.1) is 0 Å². The molecule has 0 aliphatic rings. The Balaban J connectivity index is 2.69. The molecule has 1 unspecified atom stereocenters. The number of rotatable bonds is 8. The van der Waals surface area contributed by atoms with Crippen molar-refractivity contribution in [1.82, 2.24) is 0 Å². The summed E-state index contributed by atoms with van der Waals surface area (Å²) in [5, 5.41) is 0. The lowest BCUT2D eigenvalue weighted by Gasteiger charge is -2.13. The van der Waals surface area contributed by atoms with E-state index in [9.17, 15) is 16.8 Å². The van der Waals surface area contributed by atoms with Gasteiger partial charge >= 0.3 is 0 Å². The molecule has 8 heteroatoms. The van der Waals surface area contributed by atoms with Crippen LogP contribution in [0, 0.1) is 0 Å². The highest BCUT2D eigenvalue weighted by Crippen LogP contribution is 2.18. The topological polar surface area (TPSA) is 104 Å². The highest BCUT2D eigenvalue weighted by Gasteiger charge is 2.19. The van der Waals surface area contributed by atoms with Gasteiger partial charge in [0.1, 0.15) is 15.6 Å². The van der Waals surface area contributed by atoms with Crippen molar-refractivity contribution < 1.29 is 21.6 Å². The zero-order valence-electron chi connectivity index (χ0n) is 12.2. The Morgan fingerprint density at radius 1 is 1.10 bits per heavy atom. The first-order chi connectivity index (χ1) is 9.63. The van der Waals surface area contributed by atoms with Gasteiger partial charge in [0.25, 0.3) is 0 Å². The number of ether oxygens (including phenoxy) is 1. The fraction of sp³-hybridized carbons (Fsp3) is 0.538. The predicted molar refractivity (Wildman–Crippen MR) is 82.9 cm³/mol. The molecule has 1 aromatic carbocycles. The summed E-state index contributed by atoms with van der Waals surface area (Å²) in [6, 6.07) is 6.18. The molecule has 0 amide bonds. The lowest BCUT2D eigenvalue weighted by molar-refractivity contribution is 0.340. The maximum atomic E-state index is 11.9.